The van der Waals surface area contributed by atoms with Crippen molar-refractivity contribution in [3.63, 3.8) is 0 Å². The predicted octanol–water partition coefficient (Wildman–Crippen LogP) is 3.23. The summed E-state index contributed by atoms with van der Waals surface area (Å²) in [7, 11) is 0. The van der Waals surface area contributed by atoms with Crippen LogP contribution in [0.25, 0.3) is 0 Å². The summed E-state index contributed by atoms with van der Waals surface area (Å²) >= 11 is 0. The van der Waals surface area contributed by atoms with Crippen molar-refractivity contribution in [1.29, 1.82) is 0 Å². The maximum Gasteiger partial charge on any atom is 0.307 e. The molecule has 2 atom stereocenters. The SMILES string of the molecule is CCCCN(C(C)CC)C(C)CC(=O)OCC. The molecule has 0 saturated carbocycles. The van der Waals surface area contributed by atoms with Gasteiger partial charge < -0.3 is 4.74 Å². The van der Waals surface area contributed by atoms with Crippen molar-refractivity contribution in [2.75, 3.05) is 13.2 Å². The molecule has 0 aromatic rings. The van der Waals surface area contributed by atoms with Gasteiger partial charge in [-0.25, -0.2) is 0 Å². The van der Waals surface area contributed by atoms with E-state index in [-0.39, 0.29) is 12.0 Å². The topological polar surface area (TPSA) is 29.5 Å². The van der Waals surface area contributed by atoms with Crippen LogP contribution in [0.2, 0.25) is 0 Å². The molecule has 0 aliphatic heterocycles. The van der Waals surface area contributed by atoms with E-state index in [1.165, 1.54) is 12.8 Å². The molecular formula is C14H29NO2. The molecule has 0 saturated heterocycles. The van der Waals surface area contributed by atoms with Crippen LogP contribution in [0.3, 0.4) is 0 Å². The fourth-order valence-corrected chi connectivity index (χ4v) is 2.03. The van der Waals surface area contributed by atoms with E-state index in [1.54, 1.807) is 0 Å². The van der Waals surface area contributed by atoms with Crippen LogP contribution in [0.4, 0.5) is 0 Å². The predicted molar refractivity (Wildman–Crippen MR) is 72.1 cm³/mol. The lowest BCUT2D eigenvalue weighted by atomic mass is 10.1. The standard InChI is InChI=1S/C14H29NO2/c1-6-9-10-15(12(4)7-2)13(5)11-14(16)17-8-3/h12-13H,6-11H2,1-5H3. The van der Waals surface area contributed by atoms with Gasteiger partial charge in [0.2, 0.25) is 0 Å². The van der Waals surface area contributed by atoms with Gasteiger partial charge in [0.15, 0.2) is 0 Å². The second kappa shape index (κ2) is 9.46. The van der Waals surface area contributed by atoms with Crippen LogP contribution in [-0.2, 0) is 9.53 Å². The first-order valence-electron chi connectivity index (χ1n) is 6.98. The van der Waals surface area contributed by atoms with Gasteiger partial charge in [0, 0.05) is 12.1 Å². The molecule has 0 spiro atoms. The van der Waals surface area contributed by atoms with Crippen LogP contribution in [0, 0.1) is 0 Å². The van der Waals surface area contributed by atoms with E-state index in [0.29, 0.717) is 19.1 Å². The molecule has 0 N–H and O–H groups in total. The Kier molecular flexibility index (Phi) is 9.14. The largest absolute Gasteiger partial charge is 0.466 e. The Balaban J connectivity index is 4.30. The summed E-state index contributed by atoms with van der Waals surface area (Å²) in [5, 5.41) is 0. The van der Waals surface area contributed by atoms with Gasteiger partial charge in [-0.1, -0.05) is 20.3 Å². The molecule has 0 fully saturated rings. The van der Waals surface area contributed by atoms with Gasteiger partial charge in [-0.2, -0.15) is 0 Å². The third-order valence-corrected chi connectivity index (χ3v) is 3.26. The summed E-state index contributed by atoms with van der Waals surface area (Å²) in [6.07, 6.45) is 4.01. The van der Waals surface area contributed by atoms with Crippen LogP contribution in [-0.4, -0.2) is 36.1 Å². The second-order valence-electron chi connectivity index (χ2n) is 4.71. The first-order chi connectivity index (χ1) is 8.06. The van der Waals surface area contributed by atoms with E-state index in [0.717, 1.165) is 13.0 Å². The van der Waals surface area contributed by atoms with E-state index in [9.17, 15) is 4.79 Å². The van der Waals surface area contributed by atoms with E-state index in [2.05, 4.69) is 32.6 Å². The highest BCUT2D eigenvalue weighted by Crippen LogP contribution is 2.13. The fraction of sp³-hybridized carbons (Fsp3) is 0.929. The van der Waals surface area contributed by atoms with Gasteiger partial charge in [-0.15, -0.1) is 0 Å². The minimum Gasteiger partial charge on any atom is -0.466 e. The van der Waals surface area contributed by atoms with Crippen LogP contribution >= 0.6 is 0 Å². The number of ether oxygens (including phenoxy) is 1. The van der Waals surface area contributed by atoms with Crippen LogP contribution < -0.4 is 0 Å². The van der Waals surface area contributed by atoms with Crippen molar-refractivity contribution >= 4 is 5.97 Å². The molecule has 0 amide bonds. The molecule has 0 aromatic heterocycles. The third kappa shape index (κ3) is 6.67. The highest BCUT2D eigenvalue weighted by Gasteiger charge is 2.21. The molecule has 0 rings (SSSR count). The van der Waals surface area contributed by atoms with Crippen LogP contribution in [0.1, 0.15) is 60.3 Å². The molecule has 3 nitrogen and oxygen atoms in total. The zero-order chi connectivity index (χ0) is 13.3. The molecule has 0 heterocycles. The monoisotopic (exact) mass is 243 g/mol. The number of carbonyl (C=O) groups excluding carboxylic acids is 1. The third-order valence-electron chi connectivity index (χ3n) is 3.26. The molecule has 102 valence electrons. The number of hydrogen-bond acceptors (Lipinski definition) is 3. The Hall–Kier alpha value is -0.570. The number of carbonyl (C=O) groups is 1. The molecule has 3 heteroatoms. The molecule has 0 aromatic carbocycles. The lowest BCUT2D eigenvalue weighted by molar-refractivity contribution is -0.144. The quantitative estimate of drug-likeness (QED) is 0.582. The number of nitrogens with zero attached hydrogens (tertiary/aromatic N) is 1. The van der Waals surface area contributed by atoms with Gasteiger partial charge in [0.05, 0.1) is 13.0 Å². The van der Waals surface area contributed by atoms with Crippen molar-refractivity contribution in [3.05, 3.63) is 0 Å². The highest BCUT2D eigenvalue weighted by atomic mass is 16.5. The Bertz CT molecular complexity index is 206. The first kappa shape index (κ1) is 16.4. The average molecular weight is 243 g/mol. The number of hydrogen-bond donors (Lipinski definition) is 0. The van der Waals surface area contributed by atoms with Gasteiger partial charge in [0.1, 0.15) is 0 Å². The van der Waals surface area contributed by atoms with Gasteiger partial charge in [-0.05, 0) is 40.2 Å². The molecule has 2 unspecified atom stereocenters. The summed E-state index contributed by atoms with van der Waals surface area (Å²) in [6, 6.07) is 0.807. The minimum atomic E-state index is -0.0789. The Morgan fingerprint density at radius 3 is 2.29 bits per heavy atom. The van der Waals surface area contributed by atoms with Crippen molar-refractivity contribution < 1.29 is 9.53 Å². The summed E-state index contributed by atoms with van der Waals surface area (Å²) in [5.74, 6) is -0.0789. The maximum absolute atomic E-state index is 11.5. The van der Waals surface area contributed by atoms with Crippen LogP contribution in [0.5, 0.6) is 0 Å². The summed E-state index contributed by atoms with van der Waals surface area (Å²) in [6.45, 7) is 12.2. The zero-order valence-corrected chi connectivity index (χ0v) is 12.2. The molecule has 0 aliphatic carbocycles. The van der Waals surface area contributed by atoms with Gasteiger partial charge in [-0.3, -0.25) is 9.69 Å². The number of rotatable bonds is 9. The lowest BCUT2D eigenvalue weighted by Crippen LogP contribution is -2.41. The fourth-order valence-electron chi connectivity index (χ4n) is 2.03. The maximum atomic E-state index is 11.5. The highest BCUT2D eigenvalue weighted by molar-refractivity contribution is 5.70. The summed E-state index contributed by atoms with van der Waals surface area (Å²) in [4.78, 5) is 13.9. The van der Waals surface area contributed by atoms with Crippen molar-refractivity contribution in [2.24, 2.45) is 0 Å². The molecular weight excluding hydrogens is 214 g/mol. The lowest BCUT2D eigenvalue weighted by Gasteiger charge is -2.33. The summed E-state index contributed by atoms with van der Waals surface area (Å²) in [5.41, 5.74) is 0. The Morgan fingerprint density at radius 2 is 1.82 bits per heavy atom. The van der Waals surface area contributed by atoms with E-state index >= 15 is 0 Å². The molecule has 0 bridgehead atoms. The first-order valence-corrected chi connectivity index (χ1v) is 6.98. The van der Waals surface area contributed by atoms with Crippen molar-refractivity contribution in [1.82, 2.24) is 4.90 Å². The Morgan fingerprint density at radius 1 is 1.18 bits per heavy atom. The van der Waals surface area contributed by atoms with Crippen LogP contribution in [0.15, 0.2) is 0 Å². The molecule has 17 heavy (non-hydrogen) atoms. The summed E-state index contributed by atoms with van der Waals surface area (Å²) < 4.78 is 5.01. The smallest absolute Gasteiger partial charge is 0.307 e. The average Bonchev–Trinajstić information content (AvgIpc) is 2.29. The Labute approximate surface area is 107 Å². The van der Waals surface area contributed by atoms with Crippen molar-refractivity contribution in [2.45, 2.75) is 72.4 Å². The van der Waals surface area contributed by atoms with E-state index in [1.807, 2.05) is 6.92 Å². The second-order valence-corrected chi connectivity index (χ2v) is 4.71. The normalized spacial score (nSPS) is 14.7. The van der Waals surface area contributed by atoms with Gasteiger partial charge >= 0.3 is 5.97 Å². The van der Waals surface area contributed by atoms with Gasteiger partial charge in [0.25, 0.3) is 0 Å². The zero-order valence-electron chi connectivity index (χ0n) is 12.2. The number of unbranched alkanes of at least 4 members (excludes halogenated alkanes) is 1. The molecule has 0 radical (unpaired) electrons. The van der Waals surface area contributed by atoms with E-state index in [4.69, 9.17) is 4.74 Å². The number of esters is 1. The van der Waals surface area contributed by atoms with E-state index < -0.39 is 0 Å². The van der Waals surface area contributed by atoms with Crippen molar-refractivity contribution in [3.8, 4) is 0 Å². The molecule has 0 aliphatic rings. The minimum absolute atomic E-state index is 0.0789.